The van der Waals surface area contributed by atoms with Gasteiger partial charge in [0.1, 0.15) is 0 Å². The third-order valence-electron chi connectivity index (χ3n) is 3.77. The molecule has 0 aromatic heterocycles. The Morgan fingerprint density at radius 3 is 2.81 bits per heavy atom. The maximum absolute atomic E-state index is 3.69. The first-order valence-corrected chi connectivity index (χ1v) is 6.94. The Labute approximate surface area is 107 Å². The summed E-state index contributed by atoms with van der Waals surface area (Å²) in [6.07, 6.45) is 5.03. The largest absolute Gasteiger partial charge is 0.311 e. The summed E-state index contributed by atoms with van der Waals surface area (Å²) in [6, 6.07) is 6.72. The smallest absolute Gasteiger partial charge is 0.0219 e. The monoisotopic (exact) mass is 281 g/mol. The number of hydrogen-bond acceptors (Lipinski definition) is 1. The van der Waals surface area contributed by atoms with E-state index in [2.05, 4.69) is 53.3 Å². The molecule has 1 unspecified atom stereocenters. The normalized spacial score (nSPS) is 24.9. The number of rotatable bonds is 3. The Morgan fingerprint density at radius 2 is 2.25 bits per heavy atom. The average Bonchev–Trinajstić information content (AvgIpc) is 2.73. The Kier molecular flexibility index (Phi) is 3.70. The van der Waals surface area contributed by atoms with E-state index in [9.17, 15) is 0 Å². The lowest BCUT2D eigenvalue weighted by molar-refractivity contribution is 0.360. The van der Waals surface area contributed by atoms with Gasteiger partial charge in [-0.2, -0.15) is 0 Å². The predicted octanol–water partition coefficient (Wildman–Crippen LogP) is 3.83. The first-order chi connectivity index (χ1) is 7.65. The van der Waals surface area contributed by atoms with Gasteiger partial charge in [0.05, 0.1) is 0 Å². The zero-order chi connectivity index (χ0) is 11.6. The van der Waals surface area contributed by atoms with Gasteiger partial charge >= 0.3 is 0 Å². The topological polar surface area (TPSA) is 12.0 Å². The van der Waals surface area contributed by atoms with Gasteiger partial charge in [-0.05, 0) is 56.3 Å². The summed E-state index contributed by atoms with van der Waals surface area (Å²) in [4.78, 5) is 0. The average molecular weight is 282 g/mol. The van der Waals surface area contributed by atoms with Crippen LogP contribution < -0.4 is 5.32 Å². The Morgan fingerprint density at radius 1 is 1.44 bits per heavy atom. The Bertz CT molecular complexity index is 367. The van der Waals surface area contributed by atoms with Crippen molar-refractivity contribution in [3.05, 3.63) is 33.8 Å². The zero-order valence-corrected chi connectivity index (χ0v) is 11.7. The van der Waals surface area contributed by atoms with Crippen LogP contribution in [0, 0.1) is 6.92 Å². The van der Waals surface area contributed by atoms with Crippen molar-refractivity contribution in [1.82, 2.24) is 5.32 Å². The molecular formula is C14H20BrN. The van der Waals surface area contributed by atoms with E-state index in [0.29, 0.717) is 5.54 Å². The van der Waals surface area contributed by atoms with Gasteiger partial charge < -0.3 is 5.32 Å². The highest BCUT2D eigenvalue weighted by molar-refractivity contribution is 9.10. The van der Waals surface area contributed by atoms with Crippen LogP contribution in [0.25, 0.3) is 0 Å². The van der Waals surface area contributed by atoms with E-state index < -0.39 is 0 Å². The quantitative estimate of drug-likeness (QED) is 0.888. The van der Waals surface area contributed by atoms with Crippen molar-refractivity contribution in [2.45, 2.75) is 45.1 Å². The Hall–Kier alpha value is -0.340. The van der Waals surface area contributed by atoms with Crippen LogP contribution in [0.2, 0.25) is 0 Å². The molecule has 2 heteroatoms. The lowest BCUT2D eigenvalue weighted by Gasteiger charge is -2.28. The van der Waals surface area contributed by atoms with Crippen molar-refractivity contribution < 1.29 is 0 Å². The molecule has 16 heavy (non-hydrogen) atoms. The molecule has 0 spiro atoms. The second kappa shape index (κ2) is 4.89. The van der Waals surface area contributed by atoms with Gasteiger partial charge in [0.2, 0.25) is 0 Å². The minimum Gasteiger partial charge on any atom is -0.311 e. The lowest BCUT2D eigenvalue weighted by Crippen LogP contribution is -2.41. The molecule has 1 aromatic carbocycles. The van der Waals surface area contributed by atoms with Crippen molar-refractivity contribution in [1.29, 1.82) is 0 Å². The molecule has 1 aliphatic rings. The standard InChI is InChI=1S/C14H20BrN/c1-3-14(7-4-8-16-14)10-12-5-6-13(15)11(2)9-12/h5-6,9,16H,3-4,7-8,10H2,1-2H3. The maximum Gasteiger partial charge on any atom is 0.0219 e. The molecule has 1 fully saturated rings. The Balaban J connectivity index is 2.16. The third-order valence-corrected chi connectivity index (χ3v) is 4.66. The number of nitrogens with one attached hydrogen (secondary N) is 1. The number of aryl methyl sites for hydroxylation is 1. The highest BCUT2D eigenvalue weighted by Gasteiger charge is 2.31. The molecular weight excluding hydrogens is 262 g/mol. The summed E-state index contributed by atoms with van der Waals surface area (Å²) in [5, 5.41) is 3.69. The summed E-state index contributed by atoms with van der Waals surface area (Å²) in [6.45, 7) is 5.64. The first kappa shape index (κ1) is 12.1. The predicted molar refractivity (Wildman–Crippen MR) is 72.8 cm³/mol. The fourth-order valence-electron chi connectivity index (χ4n) is 2.65. The summed E-state index contributed by atoms with van der Waals surface area (Å²) < 4.78 is 1.21. The van der Waals surface area contributed by atoms with E-state index >= 15 is 0 Å². The minimum atomic E-state index is 0.361. The van der Waals surface area contributed by atoms with Crippen LogP contribution in [0.15, 0.2) is 22.7 Å². The molecule has 88 valence electrons. The van der Waals surface area contributed by atoms with E-state index in [0.717, 1.165) is 6.42 Å². The highest BCUT2D eigenvalue weighted by Crippen LogP contribution is 2.28. The van der Waals surface area contributed by atoms with E-state index in [4.69, 9.17) is 0 Å². The van der Waals surface area contributed by atoms with Gasteiger partial charge in [0, 0.05) is 10.0 Å². The molecule has 0 bridgehead atoms. The molecule has 1 aliphatic heterocycles. The summed E-state index contributed by atoms with van der Waals surface area (Å²) in [5.74, 6) is 0. The first-order valence-electron chi connectivity index (χ1n) is 6.15. The number of halogens is 1. The van der Waals surface area contributed by atoms with Crippen LogP contribution in [0.1, 0.15) is 37.3 Å². The molecule has 0 aliphatic carbocycles. The van der Waals surface area contributed by atoms with Gasteiger partial charge in [-0.3, -0.25) is 0 Å². The van der Waals surface area contributed by atoms with Crippen molar-refractivity contribution in [2.24, 2.45) is 0 Å². The van der Waals surface area contributed by atoms with Crippen molar-refractivity contribution in [3.63, 3.8) is 0 Å². The van der Waals surface area contributed by atoms with Gasteiger partial charge in [-0.1, -0.05) is 35.0 Å². The van der Waals surface area contributed by atoms with E-state index in [1.807, 2.05) is 0 Å². The van der Waals surface area contributed by atoms with Crippen LogP contribution in [-0.2, 0) is 6.42 Å². The van der Waals surface area contributed by atoms with Gasteiger partial charge in [-0.15, -0.1) is 0 Å². The molecule has 1 N–H and O–H groups in total. The zero-order valence-electron chi connectivity index (χ0n) is 10.1. The third kappa shape index (κ3) is 2.49. The van der Waals surface area contributed by atoms with Crippen LogP contribution in [0.3, 0.4) is 0 Å². The maximum atomic E-state index is 3.69. The molecule has 2 rings (SSSR count). The van der Waals surface area contributed by atoms with Crippen LogP contribution in [0.4, 0.5) is 0 Å². The SMILES string of the molecule is CCC1(Cc2ccc(Br)c(C)c2)CCCN1. The van der Waals surface area contributed by atoms with Crippen LogP contribution in [-0.4, -0.2) is 12.1 Å². The molecule has 0 radical (unpaired) electrons. The molecule has 1 saturated heterocycles. The highest BCUT2D eigenvalue weighted by atomic mass is 79.9. The summed E-state index contributed by atoms with van der Waals surface area (Å²) in [5.41, 5.74) is 3.15. The molecule has 1 heterocycles. The van der Waals surface area contributed by atoms with E-state index in [1.165, 1.54) is 41.4 Å². The van der Waals surface area contributed by atoms with Crippen molar-refractivity contribution in [3.8, 4) is 0 Å². The second-order valence-corrected chi connectivity index (χ2v) is 5.78. The second-order valence-electron chi connectivity index (χ2n) is 4.92. The minimum absolute atomic E-state index is 0.361. The van der Waals surface area contributed by atoms with Crippen LogP contribution >= 0.6 is 15.9 Å². The summed E-state index contributed by atoms with van der Waals surface area (Å²) >= 11 is 3.56. The molecule has 1 nitrogen and oxygen atoms in total. The molecule has 0 amide bonds. The van der Waals surface area contributed by atoms with Crippen LogP contribution in [0.5, 0.6) is 0 Å². The molecule has 1 atom stereocenters. The van der Waals surface area contributed by atoms with Crippen molar-refractivity contribution >= 4 is 15.9 Å². The van der Waals surface area contributed by atoms with Crippen molar-refractivity contribution in [2.75, 3.05) is 6.54 Å². The molecule has 1 aromatic rings. The lowest BCUT2D eigenvalue weighted by atomic mass is 9.86. The fraction of sp³-hybridized carbons (Fsp3) is 0.571. The number of benzene rings is 1. The summed E-state index contributed by atoms with van der Waals surface area (Å²) in [7, 11) is 0. The van der Waals surface area contributed by atoms with Gasteiger partial charge in [0.15, 0.2) is 0 Å². The van der Waals surface area contributed by atoms with Gasteiger partial charge in [0.25, 0.3) is 0 Å². The number of hydrogen-bond donors (Lipinski definition) is 1. The van der Waals surface area contributed by atoms with E-state index in [-0.39, 0.29) is 0 Å². The van der Waals surface area contributed by atoms with E-state index in [1.54, 1.807) is 0 Å². The fourth-order valence-corrected chi connectivity index (χ4v) is 2.90. The molecule has 0 saturated carbocycles. The van der Waals surface area contributed by atoms with Gasteiger partial charge in [-0.25, -0.2) is 0 Å².